The third-order valence-corrected chi connectivity index (χ3v) is 7.08. The second kappa shape index (κ2) is 13.9. The second-order valence-corrected chi connectivity index (χ2v) is 9.98. The van der Waals surface area contributed by atoms with E-state index < -0.39 is 0 Å². The van der Waals surface area contributed by atoms with Gasteiger partial charge in [0.1, 0.15) is 0 Å². The summed E-state index contributed by atoms with van der Waals surface area (Å²) in [6.45, 7) is 8.84. The lowest BCUT2D eigenvalue weighted by atomic mass is 10.1. The molecule has 0 aromatic heterocycles. The minimum atomic E-state index is 0.0401. The molecular weight excluding hydrogens is 438 g/mol. The molecule has 1 saturated heterocycles. The highest BCUT2D eigenvalue weighted by molar-refractivity contribution is 8.13. The molecule has 1 fully saturated rings. The summed E-state index contributed by atoms with van der Waals surface area (Å²) in [6, 6.07) is 16.4. The Morgan fingerprint density at radius 2 is 1.47 bits per heavy atom. The molecular formula is C26H36ClN3OS. The maximum absolute atomic E-state index is 12.2. The van der Waals surface area contributed by atoms with Gasteiger partial charge in [0.2, 0.25) is 0 Å². The molecule has 2 aromatic carbocycles. The van der Waals surface area contributed by atoms with E-state index in [0.717, 1.165) is 75.0 Å². The van der Waals surface area contributed by atoms with Gasteiger partial charge in [-0.2, -0.15) is 0 Å². The van der Waals surface area contributed by atoms with E-state index in [9.17, 15) is 4.79 Å². The Balaban J connectivity index is 1.24. The number of amides is 1. The van der Waals surface area contributed by atoms with E-state index in [1.54, 1.807) is 0 Å². The van der Waals surface area contributed by atoms with Gasteiger partial charge in [-0.25, -0.2) is 0 Å². The molecule has 1 N–H and O–H groups in total. The molecule has 1 aliphatic rings. The Morgan fingerprint density at radius 1 is 0.875 bits per heavy atom. The molecule has 1 aliphatic heterocycles. The van der Waals surface area contributed by atoms with E-state index in [-0.39, 0.29) is 5.24 Å². The molecule has 0 aliphatic carbocycles. The molecule has 174 valence electrons. The number of benzene rings is 2. The average Bonchev–Trinajstić information content (AvgIpc) is 2.82. The summed E-state index contributed by atoms with van der Waals surface area (Å²) in [7, 11) is 0. The first kappa shape index (κ1) is 25.1. The van der Waals surface area contributed by atoms with Gasteiger partial charge < -0.3 is 15.1 Å². The molecule has 0 spiro atoms. The SMILES string of the molecule is CCCCc1ccc(NC(=O)SCCCN2CCN(CCc3ccc(Cl)cc3)CC2)cc1. The van der Waals surface area contributed by atoms with Crippen molar-refractivity contribution >= 4 is 34.3 Å². The third kappa shape index (κ3) is 9.14. The second-order valence-electron chi connectivity index (χ2n) is 8.47. The number of hydrogen-bond donors (Lipinski definition) is 1. The van der Waals surface area contributed by atoms with Crippen LogP contribution in [0.3, 0.4) is 0 Å². The molecule has 3 rings (SSSR count). The number of carbonyl (C=O) groups excluding carboxylic acids is 1. The van der Waals surface area contributed by atoms with Crippen LogP contribution in [-0.2, 0) is 12.8 Å². The van der Waals surface area contributed by atoms with Crippen LogP contribution in [0.4, 0.5) is 10.5 Å². The van der Waals surface area contributed by atoms with Gasteiger partial charge in [-0.15, -0.1) is 0 Å². The van der Waals surface area contributed by atoms with Gasteiger partial charge in [-0.05, 0) is 67.6 Å². The first-order valence-corrected chi connectivity index (χ1v) is 13.2. The lowest BCUT2D eigenvalue weighted by Gasteiger charge is -2.34. The molecule has 4 nitrogen and oxygen atoms in total. The van der Waals surface area contributed by atoms with Gasteiger partial charge in [0.05, 0.1) is 0 Å². The Hall–Kier alpha value is -1.53. The van der Waals surface area contributed by atoms with Gasteiger partial charge in [0.15, 0.2) is 0 Å². The zero-order valence-corrected chi connectivity index (χ0v) is 20.8. The molecule has 0 bridgehead atoms. The maximum atomic E-state index is 12.2. The fourth-order valence-electron chi connectivity index (χ4n) is 3.92. The lowest BCUT2D eigenvalue weighted by molar-refractivity contribution is 0.134. The van der Waals surface area contributed by atoms with Gasteiger partial charge >= 0.3 is 0 Å². The quantitative estimate of drug-likeness (QED) is 0.394. The van der Waals surface area contributed by atoms with E-state index in [0.29, 0.717) is 0 Å². The van der Waals surface area contributed by atoms with Crippen molar-refractivity contribution in [3.63, 3.8) is 0 Å². The van der Waals surface area contributed by atoms with Gasteiger partial charge in [-0.1, -0.05) is 61.0 Å². The van der Waals surface area contributed by atoms with Crippen LogP contribution in [0.5, 0.6) is 0 Å². The normalized spacial score (nSPS) is 15.1. The topological polar surface area (TPSA) is 35.6 Å². The van der Waals surface area contributed by atoms with E-state index in [4.69, 9.17) is 11.6 Å². The highest BCUT2D eigenvalue weighted by atomic mass is 35.5. The van der Waals surface area contributed by atoms with Crippen LogP contribution in [0.2, 0.25) is 5.02 Å². The van der Waals surface area contributed by atoms with Crippen molar-refractivity contribution in [2.75, 3.05) is 50.3 Å². The summed E-state index contributed by atoms with van der Waals surface area (Å²) in [4.78, 5) is 17.3. The fraction of sp³-hybridized carbons (Fsp3) is 0.500. The molecule has 6 heteroatoms. The number of nitrogens with zero attached hydrogens (tertiary/aromatic N) is 2. The predicted molar refractivity (Wildman–Crippen MR) is 139 cm³/mol. The molecule has 1 amide bonds. The Bertz CT molecular complexity index is 805. The highest BCUT2D eigenvalue weighted by Gasteiger charge is 2.16. The number of aryl methyl sites for hydroxylation is 1. The van der Waals surface area contributed by atoms with Crippen molar-refractivity contribution in [3.8, 4) is 0 Å². The Labute approximate surface area is 202 Å². The first-order chi connectivity index (χ1) is 15.6. The van der Waals surface area contributed by atoms with Crippen LogP contribution < -0.4 is 5.32 Å². The molecule has 32 heavy (non-hydrogen) atoms. The van der Waals surface area contributed by atoms with E-state index >= 15 is 0 Å². The zero-order chi connectivity index (χ0) is 22.6. The van der Waals surface area contributed by atoms with Crippen molar-refractivity contribution < 1.29 is 4.79 Å². The molecule has 0 atom stereocenters. The van der Waals surface area contributed by atoms with Crippen molar-refractivity contribution in [1.29, 1.82) is 0 Å². The van der Waals surface area contributed by atoms with Crippen molar-refractivity contribution in [2.24, 2.45) is 0 Å². The Morgan fingerprint density at radius 3 is 2.12 bits per heavy atom. The summed E-state index contributed by atoms with van der Waals surface area (Å²) in [5.74, 6) is 0.858. The summed E-state index contributed by atoms with van der Waals surface area (Å²) in [5.41, 5.74) is 3.57. The van der Waals surface area contributed by atoms with E-state index in [1.165, 1.54) is 35.7 Å². The van der Waals surface area contributed by atoms with Crippen molar-refractivity contribution in [1.82, 2.24) is 9.80 Å². The van der Waals surface area contributed by atoms with Crippen LogP contribution in [0.1, 0.15) is 37.3 Å². The molecule has 0 saturated carbocycles. The summed E-state index contributed by atoms with van der Waals surface area (Å²) >= 11 is 7.35. The fourth-order valence-corrected chi connectivity index (χ4v) is 4.69. The molecule has 0 radical (unpaired) electrons. The summed E-state index contributed by atoms with van der Waals surface area (Å²) < 4.78 is 0. The number of halogens is 1. The number of carbonyl (C=O) groups is 1. The van der Waals surface area contributed by atoms with Gasteiger partial charge in [0, 0.05) is 49.2 Å². The van der Waals surface area contributed by atoms with Crippen LogP contribution in [0.15, 0.2) is 48.5 Å². The van der Waals surface area contributed by atoms with Gasteiger partial charge in [0.25, 0.3) is 5.24 Å². The average molecular weight is 474 g/mol. The predicted octanol–water partition coefficient (Wildman–Crippen LogP) is 6.20. The number of piperazine rings is 1. The number of thioether (sulfide) groups is 1. The first-order valence-electron chi connectivity index (χ1n) is 11.8. The Kier molecular flexibility index (Phi) is 10.9. The maximum Gasteiger partial charge on any atom is 0.283 e. The largest absolute Gasteiger partial charge is 0.317 e. The number of nitrogens with one attached hydrogen (secondary N) is 1. The standard InChI is InChI=1S/C26H36ClN3OS/c1-2-3-5-22-8-12-25(13-9-22)28-26(31)32-21-4-15-29-17-19-30(20-18-29)16-14-23-6-10-24(27)11-7-23/h6-13H,2-5,14-21H2,1H3,(H,28,31). The van der Waals surface area contributed by atoms with Crippen LogP contribution >= 0.6 is 23.4 Å². The van der Waals surface area contributed by atoms with E-state index in [2.05, 4.69) is 46.3 Å². The van der Waals surface area contributed by atoms with Crippen LogP contribution in [0, 0.1) is 0 Å². The summed E-state index contributed by atoms with van der Waals surface area (Å²) in [5, 5.41) is 3.84. The van der Waals surface area contributed by atoms with Crippen LogP contribution in [0.25, 0.3) is 0 Å². The molecule has 1 heterocycles. The number of unbranched alkanes of at least 4 members (excludes halogenated alkanes) is 1. The minimum absolute atomic E-state index is 0.0401. The molecule has 2 aromatic rings. The van der Waals surface area contributed by atoms with Crippen molar-refractivity contribution in [2.45, 2.75) is 39.0 Å². The number of anilines is 1. The van der Waals surface area contributed by atoms with Crippen LogP contribution in [-0.4, -0.2) is 60.1 Å². The molecule has 0 unspecified atom stereocenters. The number of rotatable bonds is 11. The minimum Gasteiger partial charge on any atom is -0.317 e. The lowest BCUT2D eigenvalue weighted by Crippen LogP contribution is -2.47. The zero-order valence-electron chi connectivity index (χ0n) is 19.2. The monoisotopic (exact) mass is 473 g/mol. The van der Waals surface area contributed by atoms with E-state index in [1.807, 2.05) is 24.3 Å². The number of hydrogen-bond acceptors (Lipinski definition) is 4. The smallest absolute Gasteiger partial charge is 0.283 e. The summed E-state index contributed by atoms with van der Waals surface area (Å²) in [6.07, 6.45) is 5.63. The third-order valence-electron chi connectivity index (χ3n) is 5.97. The highest BCUT2D eigenvalue weighted by Crippen LogP contribution is 2.16. The van der Waals surface area contributed by atoms with Gasteiger partial charge in [-0.3, -0.25) is 4.79 Å². The van der Waals surface area contributed by atoms with Crippen molar-refractivity contribution in [3.05, 3.63) is 64.7 Å².